The van der Waals surface area contributed by atoms with E-state index in [4.69, 9.17) is 0 Å². The molecule has 1 aromatic carbocycles. The standard InChI is InChI=1S/C24H28N4O4S/c1-13(2)9-20(29)27-8-7-18-19(12-27)33-24(25-18)26-21(30)15-5-6-16-17(10-15)23(32)28(22(16)31)11-14(3)4/h5-6,10,13-14H,7-9,11-12H2,1-4H3,(H,25,26,30). The molecule has 0 saturated carbocycles. The number of amides is 4. The van der Waals surface area contributed by atoms with Gasteiger partial charge in [-0.05, 0) is 30.0 Å². The van der Waals surface area contributed by atoms with Gasteiger partial charge in [0.1, 0.15) is 0 Å². The number of nitrogens with one attached hydrogen (secondary N) is 1. The second-order valence-electron chi connectivity index (χ2n) is 9.38. The van der Waals surface area contributed by atoms with Gasteiger partial charge in [0, 0.05) is 36.4 Å². The zero-order valence-electron chi connectivity index (χ0n) is 19.3. The highest BCUT2D eigenvalue weighted by Gasteiger charge is 2.36. The molecule has 2 aliphatic heterocycles. The summed E-state index contributed by atoms with van der Waals surface area (Å²) in [7, 11) is 0. The molecule has 4 amide bonds. The largest absolute Gasteiger partial charge is 0.337 e. The predicted octanol–water partition coefficient (Wildman–Crippen LogP) is 3.58. The van der Waals surface area contributed by atoms with E-state index in [0.717, 1.165) is 10.6 Å². The van der Waals surface area contributed by atoms with Gasteiger partial charge >= 0.3 is 0 Å². The van der Waals surface area contributed by atoms with Gasteiger partial charge in [0.25, 0.3) is 17.7 Å². The van der Waals surface area contributed by atoms with Crippen LogP contribution in [0, 0.1) is 11.8 Å². The number of carbonyl (C=O) groups is 4. The number of anilines is 1. The molecular weight excluding hydrogens is 440 g/mol. The van der Waals surface area contributed by atoms with Crippen LogP contribution in [0.5, 0.6) is 0 Å². The van der Waals surface area contributed by atoms with Crippen LogP contribution < -0.4 is 5.32 Å². The minimum absolute atomic E-state index is 0.138. The minimum atomic E-state index is -0.390. The molecule has 0 radical (unpaired) electrons. The zero-order valence-corrected chi connectivity index (χ0v) is 20.1. The molecule has 0 fully saturated rings. The van der Waals surface area contributed by atoms with E-state index in [2.05, 4.69) is 10.3 Å². The molecule has 0 spiro atoms. The van der Waals surface area contributed by atoms with E-state index in [0.29, 0.717) is 54.7 Å². The van der Waals surface area contributed by atoms with Crippen LogP contribution in [0.25, 0.3) is 0 Å². The van der Waals surface area contributed by atoms with Gasteiger partial charge < -0.3 is 4.90 Å². The third kappa shape index (κ3) is 4.68. The third-order valence-electron chi connectivity index (χ3n) is 5.67. The molecule has 9 heteroatoms. The van der Waals surface area contributed by atoms with Crippen molar-refractivity contribution in [3.8, 4) is 0 Å². The quantitative estimate of drug-likeness (QED) is 0.654. The molecule has 4 rings (SSSR count). The van der Waals surface area contributed by atoms with Gasteiger partial charge in [-0.2, -0.15) is 0 Å². The van der Waals surface area contributed by atoms with E-state index in [1.54, 1.807) is 6.07 Å². The first-order valence-electron chi connectivity index (χ1n) is 11.2. The predicted molar refractivity (Wildman–Crippen MR) is 125 cm³/mol. The Morgan fingerprint density at radius 1 is 1.09 bits per heavy atom. The number of fused-ring (bicyclic) bond motifs is 2. The highest BCUT2D eigenvalue weighted by Crippen LogP contribution is 2.30. The van der Waals surface area contributed by atoms with Crippen molar-refractivity contribution in [3.63, 3.8) is 0 Å². The highest BCUT2D eigenvalue weighted by molar-refractivity contribution is 7.15. The monoisotopic (exact) mass is 468 g/mol. The van der Waals surface area contributed by atoms with E-state index in [9.17, 15) is 19.2 Å². The Kier molecular flexibility index (Phi) is 6.34. The fraction of sp³-hybridized carbons (Fsp3) is 0.458. The van der Waals surface area contributed by atoms with Crippen LogP contribution in [0.15, 0.2) is 18.2 Å². The lowest BCUT2D eigenvalue weighted by atomic mass is 10.1. The maximum absolute atomic E-state index is 12.8. The van der Waals surface area contributed by atoms with E-state index in [1.165, 1.54) is 28.4 Å². The van der Waals surface area contributed by atoms with E-state index >= 15 is 0 Å². The Morgan fingerprint density at radius 2 is 1.82 bits per heavy atom. The lowest BCUT2D eigenvalue weighted by Gasteiger charge is -2.26. The first-order chi connectivity index (χ1) is 15.6. The Labute approximate surface area is 197 Å². The van der Waals surface area contributed by atoms with E-state index in [1.807, 2.05) is 32.6 Å². The van der Waals surface area contributed by atoms with Gasteiger partial charge in [-0.1, -0.05) is 39.0 Å². The number of nitrogens with zero attached hydrogens (tertiary/aromatic N) is 3. The van der Waals surface area contributed by atoms with Crippen molar-refractivity contribution in [1.29, 1.82) is 0 Å². The molecule has 0 bridgehead atoms. The number of imide groups is 1. The molecule has 0 unspecified atom stereocenters. The summed E-state index contributed by atoms with van der Waals surface area (Å²) in [6.07, 6.45) is 1.18. The van der Waals surface area contributed by atoms with Gasteiger partial charge in [-0.25, -0.2) is 4.98 Å². The second-order valence-corrected chi connectivity index (χ2v) is 10.5. The van der Waals surface area contributed by atoms with Crippen molar-refractivity contribution in [3.05, 3.63) is 45.5 Å². The summed E-state index contributed by atoms with van der Waals surface area (Å²) in [4.78, 5) is 59.1. The molecule has 174 valence electrons. The van der Waals surface area contributed by atoms with Gasteiger partial charge in [-0.15, -0.1) is 0 Å². The molecule has 0 saturated heterocycles. The normalized spacial score (nSPS) is 15.3. The topological polar surface area (TPSA) is 99.7 Å². The summed E-state index contributed by atoms with van der Waals surface area (Å²) in [5, 5.41) is 3.27. The van der Waals surface area contributed by atoms with Crippen LogP contribution in [0.1, 0.15) is 75.8 Å². The Balaban J connectivity index is 1.46. The van der Waals surface area contributed by atoms with Crippen molar-refractivity contribution in [2.75, 3.05) is 18.4 Å². The van der Waals surface area contributed by atoms with Gasteiger partial charge in [0.05, 0.1) is 23.4 Å². The van der Waals surface area contributed by atoms with Crippen LogP contribution in [-0.4, -0.2) is 51.5 Å². The highest BCUT2D eigenvalue weighted by atomic mass is 32.1. The lowest BCUT2D eigenvalue weighted by Crippen LogP contribution is -2.36. The summed E-state index contributed by atoms with van der Waals surface area (Å²) in [6, 6.07) is 4.57. The van der Waals surface area contributed by atoms with Crippen LogP contribution in [0.3, 0.4) is 0 Å². The van der Waals surface area contributed by atoms with E-state index in [-0.39, 0.29) is 35.1 Å². The first-order valence-corrected chi connectivity index (χ1v) is 12.0. The molecule has 2 aromatic rings. The fourth-order valence-corrected chi connectivity index (χ4v) is 5.09. The molecule has 0 atom stereocenters. The number of benzene rings is 1. The number of aromatic nitrogens is 1. The summed E-state index contributed by atoms with van der Waals surface area (Å²) < 4.78 is 0. The van der Waals surface area contributed by atoms with Gasteiger partial charge in [0.2, 0.25) is 5.91 Å². The lowest BCUT2D eigenvalue weighted by molar-refractivity contribution is -0.132. The summed E-state index contributed by atoms with van der Waals surface area (Å²) in [6.45, 7) is 9.41. The first kappa shape index (κ1) is 23.1. The Hall–Kier alpha value is -3.07. The number of rotatable bonds is 6. The van der Waals surface area contributed by atoms with Crippen molar-refractivity contribution in [1.82, 2.24) is 14.8 Å². The minimum Gasteiger partial charge on any atom is -0.337 e. The van der Waals surface area contributed by atoms with Crippen LogP contribution in [0.4, 0.5) is 5.13 Å². The van der Waals surface area contributed by atoms with Gasteiger partial charge in [-0.3, -0.25) is 29.4 Å². The molecular formula is C24H28N4O4S. The number of hydrogen-bond acceptors (Lipinski definition) is 6. The smallest absolute Gasteiger partial charge is 0.261 e. The van der Waals surface area contributed by atoms with Gasteiger partial charge in [0.15, 0.2) is 5.13 Å². The summed E-state index contributed by atoms with van der Waals surface area (Å²) in [5.74, 6) is -0.476. The molecule has 1 N–H and O–H groups in total. The molecule has 2 aliphatic rings. The molecule has 8 nitrogen and oxygen atoms in total. The SMILES string of the molecule is CC(C)CC(=O)N1CCc2nc(NC(=O)c3ccc4c(c3)C(=O)N(CC(C)C)C4=O)sc2C1. The Morgan fingerprint density at radius 3 is 2.52 bits per heavy atom. The number of hydrogen-bond donors (Lipinski definition) is 1. The van der Waals surface area contributed by atoms with Crippen molar-refractivity contribution in [2.24, 2.45) is 11.8 Å². The van der Waals surface area contributed by atoms with Crippen molar-refractivity contribution >= 4 is 40.1 Å². The summed E-state index contributed by atoms with van der Waals surface area (Å²) in [5.41, 5.74) is 1.78. The fourth-order valence-electron chi connectivity index (χ4n) is 4.07. The number of carbonyl (C=O) groups excluding carboxylic acids is 4. The average molecular weight is 469 g/mol. The molecule has 0 aliphatic carbocycles. The summed E-state index contributed by atoms with van der Waals surface area (Å²) >= 11 is 1.37. The van der Waals surface area contributed by atoms with E-state index < -0.39 is 0 Å². The van der Waals surface area contributed by atoms with Crippen LogP contribution in [0.2, 0.25) is 0 Å². The maximum atomic E-state index is 12.8. The van der Waals surface area contributed by atoms with Crippen molar-refractivity contribution < 1.29 is 19.2 Å². The molecule has 33 heavy (non-hydrogen) atoms. The second kappa shape index (κ2) is 9.05. The molecule has 3 heterocycles. The van der Waals surface area contributed by atoms with Crippen LogP contribution in [-0.2, 0) is 17.8 Å². The van der Waals surface area contributed by atoms with Crippen molar-refractivity contribution in [2.45, 2.75) is 47.1 Å². The van der Waals surface area contributed by atoms with Crippen LogP contribution >= 0.6 is 11.3 Å². The maximum Gasteiger partial charge on any atom is 0.261 e. The third-order valence-corrected chi connectivity index (χ3v) is 6.67. The average Bonchev–Trinajstić information content (AvgIpc) is 3.25. The number of thiazole rings is 1. The molecule has 1 aromatic heterocycles. The zero-order chi connectivity index (χ0) is 23.9. The Bertz CT molecular complexity index is 1140.